The molecule has 254 valence electrons. The number of carbonyl (C=O) groups excluding carboxylic acids is 1. The van der Waals surface area contributed by atoms with Gasteiger partial charge < -0.3 is 20.1 Å². The Morgan fingerprint density at radius 2 is 1.96 bits per heavy atom. The Balaban J connectivity index is 1.22. The van der Waals surface area contributed by atoms with Crippen LogP contribution in [-0.2, 0) is 16.0 Å². The minimum absolute atomic E-state index is 0.0418. The number of morpholine rings is 1. The van der Waals surface area contributed by atoms with E-state index >= 15 is 8.78 Å². The molecule has 3 heterocycles. The van der Waals surface area contributed by atoms with Crippen LogP contribution in [0.2, 0.25) is 0 Å². The molecule has 0 spiro atoms. The summed E-state index contributed by atoms with van der Waals surface area (Å²) in [7, 11) is 0. The van der Waals surface area contributed by atoms with Gasteiger partial charge in [-0.05, 0) is 49.5 Å². The second-order valence-corrected chi connectivity index (χ2v) is 12.9. The van der Waals surface area contributed by atoms with Gasteiger partial charge in [-0.2, -0.15) is 18.3 Å². The maximum absolute atomic E-state index is 16.0. The summed E-state index contributed by atoms with van der Waals surface area (Å²) in [5.74, 6) is -2.11. The number of halogens is 5. The minimum Gasteiger partial charge on any atom is -0.491 e. The van der Waals surface area contributed by atoms with Crippen molar-refractivity contribution < 1.29 is 36.2 Å². The molecule has 0 amide bonds. The highest BCUT2D eigenvalue weighted by Gasteiger charge is 2.43. The largest absolute Gasteiger partial charge is 0.491 e. The number of H-pyrrole nitrogens is 1. The molecule has 1 unspecified atom stereocenters. The number of carbonyl (C=O) groups is 1. The number of ketones is 1. The first-order valence-corrected chi connectivity index (χ1v) is 16.2. The van der Waals surface area contributed by atoms with E-state index in [0.29, 0.717) is 37.3 Å². The number of fused-ring (bicyclic) bond motifs is 3. The van der Waals surface area contributed by atoms with E-state index < -0.39 is 53.6 Å². The van der Waals surface area contributed by atoms with Crippen molar-refractivity contribution >= 4 is 16.7 Å². The second kappa shape index (κ2) is 14.0. The van der Waals surface area contributed by atoms with E-state index in [2.05, 4.69) is 20.8 Å². The van der Waals surface area contributed by atoms with Crippen molar-refractivity contribution in [1.29, 1.82) is 0 Å². The number of aromatic amines is 1. The quantitative estimate of drug-likeness (QED) is 0.195. The molecule has 6 rings (SSSR count). The molecule has 2 aromatic carbocycles. The maximum atomic E-state index is 16.0. The molecule has 1 saturated heterocycles. The summed E-state index contributed by atoms with van der Waals surface area (Å²) in [6, 6.07) is 3.46. The Hall–Kier alpha value is -3.39. The normalized spacial score (nSPS) is 23.7. The molecule has 0 bridgehead atoms. The molecule has 2 aliphatic heterocycles. The lowest BCUT2D eigenvalue weighted by atomic mass is 9.82. The van der Waals surface area contributed by atoms with Crippen LogP contribution in [0.1, 0.15) is 61.8 Å². The van der Waals surface area contributed by atoms with Gasteiger partial charge in [-0.15, -0.1) is 0 Å². The van der Waals surface area contributed by atoms with Gasteiger partial charge in [0.1, 0.15) is 30.1 Å². The van der Waals surface area contributed by atoms with Crippen LogP contribution in [0.5, 0.6) is 5.75 Å². The van der Waals surface area contributed by atoms with Crippen LogP contribution in [0.3, 0.4) is 0 Å². The summed E-state index contributed by atoms with van der Waals surface area (Å²) < 4.78 is 84.9. The number of nitrogens with one attached hydrogen (secondary N) is 3. The summed E-state index contributed by atoms with van der Waals surface area (Å²) in [5, 5.41) is 14.2. The summed E-state index contributed by atoms with van der Waals surface area (Å²) in [6.07, 6.45) is 4.54. The van der Waals surface area contributed by atoms with Crippen molar-refractivity contribution in [2.45, 2.75) is 75.4 Å². The van der Waals surface area contributed by atoms with Gasteiger partial charge in [0.15, 0.2) is 5.78 Å². The van der Waals surface area contributed by atoms with Crippen LogP contribution in [0.4, 0.5) is 22.0 Å². The highest BCUT2D eigenvalue weighted by molar-refractivity contribution is 5.93. The van der Waals surface area contributed by atoms with E-state index in [1.54, 1.807) is 31.3 Å². The summed E-state index contributed by atoms with van der Waals surface area (Å²) in [4.78, 5) is 13.5. The number of benzene rings is 2. The fourth-order valence-electron chi connectivity index (χ4n) is 7.23. The summed E-state index contributed by atoms with van der Waals surface area (Å²) in [5.41, 5.74) is 0.907. The van der Waals surface area contributed by atoms with Crippen LogP contribution < -0.4 is 15.4 Å². The fraction of sp³-hybridized carbons (Fsp3) is 0.529. The van der Waals surface area contributed by atoms with Crippen LogP contribution in [-0.4, -0.2) is 84.1 Å². The summed E-state index contributed by atoms with van der Waals surface area (Å²) in [6.45, 7) is 2.52. The third-order valence-corrected chi connectivity index (χ3v) is 9.60. The Morgan fingerprint density at radius 3 is 2.66 bits per heavy atom. The zero-order valence-electron chi connectivity index (χ0n) is 26.3. The zero-order chi connectivity index (χ0) is 33.2. The van der Waals surface area contributed by atoms with Crippen molar-refractivity contribution in [3.8, 4) is 5.75 Å². The number of nitrogens with zero attached hydrogens (tertiary/aromatic N) is 2. The number of ether oxygens (including phenoxy) is 2. The number of alkyl halides is 3. The Bertz CT molecular complexity index is 1570. The molecule has 3 N–H and O–H groups in total. The molecule has 1 aromatic heterocycles. The van der Waals surface area contributed by atoms with E-state index in [1.807, 2.05) is 0 Å². The Kier molecular flexibility index (Phi) is 9.98. The van der Waals surface area contributed by atoms with Crippen LogP contribution >= 0.6 is 0 Å². The molecule has 8 nitrogen and oxygen atoms in total. The van der Waals surface area contributed by atoms with Crippen LogP contribution in [0, 0.1) is 11.6 Å². The number of hydrogen-bond donors (Lipinski definition) is 3. The molecule has 13 heteroatoms. The first-order chi connectivity index (χ1) is 22.5. The molecule has 1 aliphatic carbocycles. The van der Waals surface area contributed by atoms with E-state index in [9.17, 15) is 18.0 Å². The van der Waals surface area contributed by atoms with Gasteiger partial charge in [0.05, 0.1) is 36.4 Å². The van der Waals surface area contributed by atoms with Gasteiger partial charge in [0.2, 0.25) is 0 Å². The Morgan fingerprint density at radius 1 is 1.19 bits per heavy atom. The molecule has 47 heavy (non-hydrogen) atoms. The first kappa shape index (κ1) is 33.5. The van der Waals surface area contributed by atoms with E-state index in [0.717, 1.165) is 60.1 Å². The van der Waals surface area contributed by atoms with Gasteiger partial charge in [0, 0.05) is 48.8 Å². The van der Waals surface area contributed by atoms with E-state index in [4.69, 9.17) is 9.47 Å². The highest BCUT2D eigenvalue weighted by Crippen LogP contribution is 2.44. The van der Waals surface area contributed by atoms with Crippen molar-refractivity contribution in [1.82, 2.24) is 25.7 Å². The van der Waals surface area contributed by atoms with Crippen molar-refractivity contribution in [3.63, 3.8) is 0 Å². The highest BCUT2D eigenvalue weighted by atomic mass is 19.4. The molecule has 3 aliphatic rings. The van der Waals surface area contributed by atoms with Gasteiger partial charge in [0.25, 0.3) is 0 Å². The van der Waals surface area contributed by atoms with Gasteiger partial charge in [-0.3, -0.25) is 14.8 Å². The molecular weight excluding hydrogens is 621 g/mol. The average molecular weight is 662 g/mol. The maximum Gasteiger partial charge on any atom is 0.401 e. The van der Waals surface area contributed by atoms with Gasteiger partial charge in [-0.25, -0.2) is 8.78 Å². The standard InChI is InChI=1S/C34H40F5N5O3/c1-21-14-24-23(7-8-28-25(24)17-42-43-28)32(44(21)19-34(37,38)39)31-26(35)15-22(16-27(31)36)47-20-33(9-3-2-4-10-33)41-11-5-6-29(45)30-18-40-12-13-46-30/h5-8,15-17,21,30,32,40-41H,2-4,9-14,18-20H2,1H3,(H,42,43)/b6-5+/t21-,30?,32+/m1/s1. The number of aromatic nitrogens is 2. The predicted molar refractivity (Wildman–Crippen MR) is 166 cm³/mol. The average Bonchev–Trinajstić information content (AvgIpc) is 3.53. The van der Waals surface area contributed by atoms with Crippen molar-refractivity contribution in [2.75, 3.05) is 39.4 Å². The zero-order valence-corrected chi connectivity index (χ0v) is 26.3. The van der Waals surface area contributed by atoms with Gasteiger partial charge in [-0.1, -0.05) is 31.4 Å². The van der Waals surface area contributed by atoms with Crippen LogP contribution in [0.15, 0.2) is 42.6 Å². The van der Waals surface area contributed by atoms with E-state index in [-0.39, 0.29) is 24.6 Å². The van der Waals surface area contributed by atoms with E-state index in [1.165, 1.54) is 6.08 Å². The smallest absolute Gasteiger partial charge is 0.401 e. The minimum atomic E-state index is -4.58. The monoisotopic (exact) mass is 661 g/mol. The first-order valence-electron chi connectivity index (χ1n) is 16.2. The molecule has 0 radical (unpaired) electrons. The van der Waals surface area contributed by atoms with Crippen molar-refractivity contribution in [2.24, 2.45) is 0 Å². The third kappa shape index (κ3) is 7.53. The molecule has 3 atom stereocenters. The lowest BCUT2D eigenvalue weighted by Crippen LogP contribution is -2.51. The predicted octanol–water partition coefficient (Wildman–Crippen LogP) is 5.52. The Labute approximate surface area is 270 Å². The lowest BCUT2D eigenvalue weighted by molar-refractivity contribution is -0.155. The lowest BCUT2D eigenvalue weighted by Gasteiger charge is -2.42. The molecule has 2 fully saturated rings. The SMILES string of the molecule is C[C@@H]1Cc2c(ccc3[nH]ncc23)[C@@H](c2c(F)cc(OCC3(NC/C=C/C(=O)C4CNCCO4)CCCCC3)cc2F)N1CC(F)(F)F. The second-order valence-electron chi connectivity index (χ2n) is 12.9. The van der Waals surface area contributed by atoms with Gasteiger partial charge >= 0.3 is 6.18 Å². The molecule has 3 aromatic rings. The molecular formula is C34H40F5N5O3. The fourth-order valence-corrected chi connectivity index (χ4v) is 7.23. The topological polar surface area (TPSA) is 91.5 Å². The number of hydrogen-bond acceptors (Lipinski definition) is 7. The number of rotatable bonds is 10. The van der Waals surface area contributed by atoms with Crippen molar-refractivity contribution in [3.05, 3.63) is 70.9 Å². The van der Waals surface area contributed by atoms with Crippen LogP contribution in [0.25, 0.3) is 10.9 Å². The third-order valence-electron chi connectivity index (χ3n) is 9.60. The summed E-state index contributed by atoms with van der Waals surface area (Å²) >= 11 is 0. The molecule has 1 saturated carbocycles.